The highest BCUT2D eigenvalue weighted by atomic mass is 35.5. The second kappa shape index (κ2) is 6.08. The monoisotopic (exact) mass is 293 g/mol. The average Bonchev–Trinajstić information content (AvgIpc) is 2.79. The zero-order valence-corrected chi connectivity index (χ0v) is 13.4. The van der Waals surface area contributed by atoms with Gasteiger partial charge in [0.05, 0.1) is 4.34 Å². The molecule has 1 N–H and O–H groups in total. The molecule has 102 valence electrons. The molecule has 0 aliphatic heterocycles. The molecule has 3 heteroatoms. The Hall–Kier alpha value is -0.830. The lowest BCUT2D eigenvalue weighted by molar-refractivity contribution is 0.498. The van der Waals surface area contributed by atoms with E-state index in [-0.39, 0.29) is 0 Å². The van der Waals surface area contributed by atoms with Crippen LogP contribution in [-0.4, -0.2) is 0 Å². The van der Waals surface area contributed by atoms with Crippen LogP contribution >= 0.6 is 22.9 Å². The number of benzene rings is 1. The van der Waals surface area contributed by atoms with Crippen molar-refractivity contribution in [1.29, 1.82) is 0 Å². The lowest BCUT2D eigenvalue weighted by Gasteiger charge is -2.21. The highest BCUT2D eigenvalue weighted by molar-refractivity contribution is 7.16. The van der Waals surface area contributed by atoms with Crippen LogP contribution in [0.1, 0.15) is 47.5 Å². The van der Waals surface area contributed by atoms with Crippen molar-refractivity contribution in [3.05, 3.63) is 56.2 Å². The molecule has 1 aromatic heterocycles. The fourth-order valence-electron chi connectivity index (χ4n) is 2.33. The number of halogens is 1. The molecule has 2 unspecified atom stereocenters. The molecule has 0 radical (unpaired) electrons. The van der Waals surface area contributed by atoms with Crippen LogP contribution in [0, 0.1) is 13.8 Å². The zero-order valence-electron chi connectivity index (χ0n) is 11.8. The number of thiophene rings is 1. The Bertz CT molecular complexity index is 562. The van der Waals surface area contributed by atoms with Crippen molar-refractivity contribution in [2.75, 3.05) is 0 Å². The largest absolute Gasteiger partial charge is 0.303 e. The number of hydrogen-bond acceptors (Lipinski definition) is 2. The normalized spacial score (nSPS) is 14.4. The molecule has 2 aromatic rings. The molecule has 0 saturated heterocycles. The van der Waals surface area contributed by atoms with Gasteiger partial charge < -0.3 is 5.32 Å². The van der Waals surface area contributed by atoms with E-state index < -0.39 is 0 Å². The minimum Gasteiger partial charge on any atom is -0.303 e. The van der Waals surface area contributed by atoms with E-state index in [1.54, 1.807) is 11.3 Å². The molecule has 1 heterocycles. The third-order valence-electron chi connectivity index (χ3n) is 3.42. The summed E-state index contributed by atoms with van der Waals surface area (Å²) in [5.41, 5.74) is 4.01. The quantitative estimate of drug-likeness (QED) is 0.792. The lowest BCUT2D eigenvalue weighted by atomic mass is 9.99. The molecular formula is C16H20ClNS. The Kier molecular flexibility index (Phi) is 4.67. The van der Waals surface area contributed by atoms with E-state index >= 15 is 0 Å². The highest BCUT2D eigenvalue weighted by Crippen LogP contribution is 2.29. The number of hydrogen-bond donors (Lipinski definition) is 1. The van der Waals surface area contributed by atoms with Crippen molar-refractivity contribution in [2.45, 2.75) is 39.8 Å². The van der Waals surface area contributed by atoms with E-state index in [4.69, 9.17) is 11.6 Å². The minimum atomic E-state index is 0.312. The second-order valence-electron chi connectivity index (χ2n) is 5.11. The van der Waals surface area contributed by atoms with Gasteiger partial charge in [-0.1, -0.05) is 35.4 Å². The van der Waals surface area contributed by atoms with Gasteiger partial charge in [-0.25, -0.2) is 0 Å². The van der Waals surface area contributed by atoms with Crippen LogP contribution in [0.15, 0.2) is 30.3 Å². The summed E-state index contributed by atoms with van der Waals surface area (Å²) in [4.78, 5) is 1.28. The SMILES string of the molecule is Cc1ccc(C)c(C(C)NC(C)c2ccc(Cl)s2)c1. The molecule has 0 aliphatic carbocycles. The first kappa shape index (κ1) is 14.6. The van der Waals surface area contributed by atoms with E-state index in [9.17, 15) is 0 Å². The van der Waals surface area contributed by atoms with Crippen molar-refractivity contribution in [2.24, 2.45) is 0 Å². The molecule has 0 fully saturated rings. The van der Waals surface area contributed by atoms with Gasteiger partial charge in [0.2, 0.25) is 0 Å². The molecule has 1 nitrogen and oxygen atoms in total. The maximum atomic E-state index is 5.99. The predicted molar refractivity (Wildman–Crippen MR) is 85.2 cm³/mol. The van der Waals surface area contributed by atoms with Gasteiger partial charge in [-0.05, 0) is 51.0 Å². The third-order valence-corrected chi connectivity index (χ3v) is 4.84. The summed E-state index contributed by atoms with van der Waals surface area (Å²) >= 11 is 7.64. The summed E-state index contributed by atoms with van der Waals surface area (Å²) in [6.45, 7) is 8.70. The van der Waals surface area contributed by atoms with E-state index in [0.717, 1.165) is 4.34 Å². The summed E-state index contributed by atoms with van der Waals surface area (Å²) < 4.78 is 0.850. The summed E-state index contributed by atoms with van der Waals surface area (Å²) in [5.74, 6) is 0. The van der Waals surface area contributed by atoms with Gasteiger partial charge in [-0.15, -0.1) is 11.3 Å². The van der Waals surface area contributed by atoms with E-state index in [1.165, 1.54) is 21.6 Å². The fourth-order valence-corrected chi connectivity index (χ4v) is 3.41. The maximum absolute atomic E-state index is 5.99. The van der Waals surface area contributed by atoms with Gasteiger partial charge in [0.1, 0.15) is 0 Å². The molecule has 2 atom stereocenters. The fraction of sp³-hybridized carbons (Fsp3) is 0.375. The zero-order chi connectivity index (χ0) is 14.0. The van der Waals surface area contributed by atoms with Crippen LogP contribution in [0.25, 0.3) is 0 Å². The van der Waals surface area contributed by atoms with Gasteiger partial charge in [0, 0.05) is 17.0 Å². The predicted octanol–water partition coefficient (Wildman–Crippen LogP) is 5.43. The van der Waals surface area contributed by atoms with Gasteiger partial charge >= 0.3 is 0 Å². The van der Waals surface area contributed by atoms with Crippen LogP contribution in [0.2, 0.25) is 4.34 Å². The van der Waals surface area contributed by atoms with E-state index in [2.05, 4.69) is 57.3 Å². The Morgan fingerprint density at radius 3 is 2.42 bits per heavy atom. The number of rotatable bonds is 4. The molecule has 0 aliphatic rings. The minimum absolute atomic E-state index is 0.312. The van der Waals surface area contributed by atoms with Crippen LogP contribution < -0.4 is 5.32 Å². The third kappa shape index (κ3) is 3.59. The Labute approximate surface area is 124 Å². The second-order valence-corrected chi connectivity index (χ2v) is 6.86. The first-order valence-corrected chi connectivity index (χ1v) is 7.75. The topological polar surface area (TPSA) is 12.0 Å². The van der Waals surface area contributed by atoms with Crippen LogP contribution in [-0.2, 0) is 0 Å². The maximum Gasteiger partial charge on any atom is 0.0931 e. The summed E-state index contributed by atoms with van der Waals surface area (Å²) in [6, 6.07) is 11.3. The smallest absolute Gasteiger partial charge is 0.0931 e. The molecule has 2 rings (SSSR count). The van der Waals surface area contributed by atoms with E-state index in [1.807, 2.05) is 6.07 Å². The first-order chi connectivity index (χ1) is 8.97. The van der Waals surface area contributed by atoms with Gasteiger partial charge in [-0.2, -0.15) is 0 Å². The van der Waals surface area contributed by atoms with Crippen LogP contribution in [0.5, 0.6) is 0 Å². The Morgan fingerprint density at radius 2 is 1.79 bits per heavy atom. The summed E-state index contributed by atoms with van der Waals surface area (Å²) in [6.07, 6.45) is 0. The Morgan fingerprint density at radius 1 is 1.05 bits per heavy atom. The number of aryl methyl sites for hydroxylation is 2. The van der Waals surface area contributed by atoms with Crippen molar-refractivity contribution < 1.29 is 0 Å². The van der Waals surface area contributed by atoms with Gasteiger partial charge in [0.25, 0.3) is 0 Å². The number of nitrogens with one attached hydrogen (secondary N) is 1. The lowest BCUT2D eigenvalue weighted by Crippen LogP contribution is -2.22. The molecule has 1 aromatic carbocycles. The van der Waals surface area contributed by atoms with Crippen molar-refractivity contribution in [3.8, 4) is 0 Å². The molecular weight excluding hydrogens is 274 g/mol. The van der Waals surface area contributed by atoms with Crippen molar-refractivity contribution >= 4 is 22.9 Å². The standard InChI is InChI=1S/C16H20ClNS/c1-10-5-6-11(2)14(9-10)12(3)18-13(4)15-7-8-16(17)19-15/h5-9,12-13,18H,1-4H3. The summed E-state index contributed by atoms with van der Waals surface area (Å²) in [7, 11) is 0. The highest BCUT2D eigenvalue weighted by Gasteiger charge is 2.14. The van der Waals surface area contributed by atoms with E-state index in [0.29, 0.717) is 12.1 Å². The Balaban J connectivity index is 2.12. The molecule has 0 amide bonds. The molecule has 19 heavy (non-hydrogen) atoms. The van der Waals surface area contributed by atoms with Gasteiger partial charge in [0.15, 0.2) is 0 Å². The molecule has 0 saturated carbocycles. The van der Waals surface area contributed by atoms with Crippen molar-refractivity contribution in [3.63, 3.8) is 0 Å². The molecule has 0 bridgehead atoms. The molecule has 0 spiro atoms. The van der Waals surface area contributed by atoms with Gasteiger partial charge in [-0.3, -0.25) is 0 Å². The average molecular weight is 294 g/mol. The van der Waals surface area contributed by atoms with Crippen LogP contribution in [0.4, 0.5) is 0 Å². The van der Waals surface area contributed by atoms with Crippen LogP contribution in [0.3, 0.4) is 0 Å². The first-order valence-electron chi connectivity index (χ1n) is 6.56. The summed E-state index contributed by atoms with van der Waals surface area (Å²) in [5, 5.41) is 3.65. The van der Waals surface area contributed by atoms with Crippen molar-refractivity contribution in [1.82, 2.24) is 5.32 Å².